The number of hydrogen-bond donors (Lipinski definition) is 1. The molecule has 2 aromatic carbocycles. The van der Waals surface area contributed by atoms with Crippen LogP contribution in [0.2, 0.25) is 0 Å². The number of fused-ring (bicyclic) bond motifs is 1. The predicted molar refractivity (Wildman–Crippen MR) is 92.1 cm³/mol. The van der Waals surface area contributed by atoms with Crippen LogP contribution in [0.3, 0.4) is 0 Å². The number of nitrogens with two attached hydrogens (primary N) is 1. The van der Waals surface area contributed by atoms with Gasteiger partial charge in [0.1, 0.15) is 17.4 Å². The topological polar surface area (TPSA) is 64.3 Å². The van der Waals surface area contributed by atoms with Crippen LogP contribution in [0, 0.1) is 0 Å². The smallest absolute Gasteiger partial charge is 0.145 e. The molecule has 0 fully saturated rings. The van der Waals surface area contributed by atoms with Crippen LogP contribution in [0.4, 0.5) is 5.82 Å². The van der Waals surface area contributed by atoms with Gasteiger partial charge in [0.05, 0.1) is 19.2 Å². The fourth-order valence-electron chi connectivity index (χ4n) is 2.56. The molecule has 23 heavy (non-hydrogen) atoms. The Labute approximate surface area is 135 Å². The Hall–Kier alpha value is -2.66. The maximum Gasteiger partial charge on any atom is 0.145 e. The van der Waals surface area contributed by atoms with Crippen molar-refractivity contribution in [2.75, 3.05) is 19.9 Å². The van der Waals surface area contributed by atoms with Gasteiger partial charge < -0.3 is 10.5 Å². The van der Waals surface area contributed by atoms with Gasteiger partial charge in [-0.2, -0.15) is 0 Å². The molecule has 0 aliphatic carbocycles. The van der Waals surface area contributed by atoms with E-state index in [1.165, 1.54) is 5.56 Å². The molecule has 0 radical (unpaired) electrons. The number of anilines is 1. The number of para-hydroxylation sites is 1. The molecule has 3 aromatic rings. The number of aromatic nitrogens is 2. The largest absolute Gasteiger partial charge is 0.497 e. The second-order valence-corrected chi connectivity index (χ2v) is 5.56. The van der Waals surface area contributed by atoms with E-state index in [1.807, 2.05) is 43.4 Å². The number of nitrogens with zero attached hydrogens (tertiary/aromatic N) is 3. The van der Waals surface area contributed by atoms with E-state index in [0.29, 0.717) is 12.4 Å². The summed E-state index contributed by atoms with van der Waals surface area (Å²) in [5, 5.41) is 0.897. The molecule has 1 heterocycles. The molecule has 0 aliphatic rings. The minimum atomic E-state index is 0.531. The predicted octanol–water partition coefficient (Wildman–Crippen LogP) is 2.85. The molecular weight excluding hydrogens is 288 g/mol. The van der Waals surface area contributed by atoms with E-state index in [4.69, 9.17) is 10.5 Å². The van der Waals surface area contributed by atoms with E-state index in [0.717, 1.165) is 29.0 Å². The average Bonchev–Trinajstić information content (AvgIpc) is 2.55. The fourth-order valence-corrected chi connectivity index (χ4v) is 2.56. The third kappa shape index (κ3) is 3.57. The van der Waals surface area contributed by atoms with E-state index in [9.17, 15) is 0 Å². The lowest BCUT2D eigenvalue weighted by molar-refractivity contribution is 0.311. The van der Waals surface area contributed by atoms with E-state index >= 15 is 0 Å². The molecule has 2 N–H and O–H groups in total. The van der Waals surface area contributed by atoms with Crippen molar-refractivity contribution < 1.29 is 4.74 Å². The second-order valence-electron chi connectivity index (χ2n) is 5.56. The first-order valence-electron chi connectivity index (χ1n) is 7.48. The highest BCUT2D eigenvalue weighted by Gasteiger charge is 2.08. The molecule has 0 unspecified atom stereocenters. The molecule has 3 rings (SSSR count). The van der Waals surface area contributed by atoms with Gasteiger partial charge in [0.25, 0.3) is 0 Å². The van der Waals surface area contributed by atoms with Gasteiger partial charge in [-0.15, -0.1) is 0 Å². The van der Waals surface area contributed by atoms with Gasteiger partial charge in [-0.1, -0.05) is 24.3 Å². The number of ether oxygens (including phenoxy) is 1. The van der Waals surface area contributed by atoms with Crippen LogP contribution in [0.1, 0.15) is 11.4 Å². The normalized spacial score (nSPS) is 11.1. The second kappa shape index (κ2) is 6.62. The van der Waals surface area contributed by atoms with Crippen LogP contribution >= 0.6 is 0 Å². The molecular formula is C18H20N4O. The SMILES string of the molecule is COc1ccc(CN(C)Cc2nc(N)c3ccccc3n2)cc1. The molecule has 0 atom stereocenters. The van der Waals surface area contributed by atoms with Crippen molar-refractivity contribution in [3.63, 3.8) is 0 Å². The first-order chi connectivity index (χ1) is 11.2. The summed E-state index contributed by atoms with van der Waals surface area (Å²) in [7, 11) is 3.71. The van der Waals surface area contributed by atoms with Gasteiger partial charge in [-0.3, -0.25) is 4.90 Å². The first-order valence-corrected chi connectivity index (χ1v) is 7.48. The van der Waals surface area contributed by atoms with Gasteiger partial charge in [0.15, 0.2) is 0 Å². The Morgan fingerprint density at radius 2 is 1.74 bits per heavy atom. The Bertz CT molecular complexity index is 802. The van der Waals surface area contributed by atoms with Crippen LogP contribution in [0.5, 0.6) is 5.75 Å². The van der Waals surface area contributed by atoms with Crippen molar-refractivity contribution in [2.24, 2.45) is 0 Å². The molecule has 0 spiro atoms. The Balaban J connectivity index is 1.73. The van der Waals surface area contributed by atoms with E-state index < -0.39 is 0 Å². The van der Waals surface area contributed by atoms with Crippen LogP contribution in [0.25, 0.3) is 10.9 Å². The maximum absolute atomic E-state index is 6.03. The van der Waals surface area contributed by atoms with Crippen molar-refractivity contribution in [2.45, 2.75) is 13.1 Å². The fraction of sp³-hybridized carbons (Fsp3) is 0.222. The maximum atomic E-state index is 6.03. The lowest BCUT2D eigenvalue weighted by atomic mass is 10.2. The number of nitrogen functional groups attached to an aromatic ring is 1. The molecule has 5 heteroatoms. The lowest BCUT2D eigenvalue weighted by Crippen LogP contribution is -2.19. The average molecular weight is 308 g/mol. The molecule has 0 aliphatic heterocycles. The molecule has 118 valence electrons. The molecule has 0 saturated heterocycles. The first kappa shape index (κ1) is 15.2. The van der Waals surface area contributed by atoms with Crippen molar-refractivity contribution in [3.8, 4) is 5.75 Å². The number of methoxy groups -OCH3 is 1. The zero-order valence-electron chi connectivity index (χ0n) is 13.4. The van der Waals surface area contributed by atoms with Crippen LogP contribution in [0.15, 0.2) is 48.5 Å². The zero-order valence-corrected chi connectivity index (χ0v) is 13.4. The highest BCUT2D eigenvalue weighted by atomic mass is 16.5. The number of rotatable bonds is 5. The molecule has 0 saturated carbocycles. The highest BCUT2D eigenvalue weighted by Crippen LogP contribution is 2.18. The lowest BCUT2D eigenvalue weighted by Gasteiger charge is -2.16. The Kier molecular flexibility index (Phi) is 4.39. The third-order valence-electron chi connectivity index (χ3n) is 3.70. The Morgan fingerprint density at radius 3 is 2.48 bits per heavy atom. The van der Waals surface area contributed by atoms with Gasteiger partial charge in [-0.25, -0.2) is 9.97 Å². The summed E-state index contributed by atoms with van der Waals surface area (Å²) in [5.74, 6) is 2.13. The van der Waals surface area contributed by atoms with Crippen LogP contribution in [-0.2, 0) is 13.1 Å². The Morgan fingerprint density at radius 1 is 1.00 bits per heavy atom. The van der Waals surface area contributed by atoms with Gasteiger partial charge in [-0.05, 0) is 36.9 Å². The summed E-state index contributed by atoms with van der Waals surface area (Å²) >= 11 is 0. The zero-order chi connectivity index (χ0) is 16.2. The van der Waals surface area contributed by atoms with E-state index in [2.05, 4.69) is 27.0 Å². The van der Waals surface area contributed by atoms with E-state index in [-0.39, 0.29) is 0 Å². The quantitative estimate of drug-likeness (QED) is 0.785. The monoisotopic (exact) mass is 308 g/mol. The minimum Gasteiger partial charge on any atom is -0.497 e. The number of hydrogen-bond acceptors (Lipinski definition) is 5. The summed E-state index contributed by atoms with van der Waals surface area (Å²) in [6.07, 6.45) is 0. The molecule has 1 aromatic heterocycles. The highest BCUT2D eigenvalue weighted by molar-refractivity contribution is 5.87. The molecule has 0 amide bonds. The summed E-state index contributed by atoms with van der Waals surface area (Å²) in [6, 6.07) is 15.9. The summed E-state index contributed by atoms with van der Waals surface area (Å²) in [5.41, 5.74) is 8.13. The summed E-state index contributed by atoms with van der Waals surface area (Å²) < 4.78 is 5.18. The van der Waals surface area contributed by atoms with Crippen molar-refractivity contribution in [1.82, 2.24) is 14.9 Å². The number of benzene rings is 2. The van der Waals surface area contributed by atoms with Gasteiger partial charge in [0, 0.05) is 11.9 Å². The summed E-state index contributed by atoms with van der Waals surface area (Å²) in [6.45, 7) is 1.45. The van der Waals surface area contributed by atoms with Crippen LogP contribution < -0.4 is 10.5 Å². The summed E-state index contributed by atoms with van der Waals surface area (Å²) in [4.78, 5) is 11.2. The van der Waals surface area contributed by atoms with Gasteiger partial charge >= 0.3 is 0 Å². The minimum absolute atomic E-state index is 0.531. The van der Waals surface area contributed by atoms with Crippen molar-refractivity contribution >= 4 is 16.7 Å². The van der Waals surface area contributed by atoms with E-state index in [1.54, 1.807) is 7.11 Å². The standard InChI is InChI=1S/C18H20N4O/c1-22(11-13-7-9-14(23-2)10-8-13)12-17-20-16-6-4-3-5-15(16)18(19)21-17/h3-10H,11-12H2,1-2H3,(H2,19,20,21). The third-order valence-corrected chi connectivity index (χ3v) is 3.70. The van der Waals surface area contributed by atoms with Crippen molar-refractivity contribution in [1.29, 1.82) is 0 Å². The van der Waals surface area contributed by atoms with Crippen molar-refractivity contribution in [3.05, 3.63) is 59.9 Å². The molecule has 5 nitrogen and oxygen atoms in total. The molecule has 0 bridgehead atoms. The van der Waals surface area contributed by atoms with Crippen LogP contribution in [-0.4, -0.2) is 29.0 Å². The van der Waals surface area contributed by atoms with Gasteiger partial charge in [0.2, 0.25) is 0 Å².